The lowest BCUT2D eigenvalue weighted by Gasteiger charge is -2.03. The lowest BCUT2D eigenvalue weighted by Crippen LogP contribution is -2.32. The van der Waals surface area contributed by atoms with E-state index in [0.717, 1.165) is 0 Å². The number of aromatic amines is 2. The Morgan fingerprint density at radius 1 is 1.14 bits per heavy atom. The number of nitrogens with zero attached hydrogens (tertiary/aromatic N) is 2. The van der Waals surface area contributed by atoms with E-state index in [-0.39, 0.29) is 11.3 Å². The van der Waals surface area contributed by atoms with Crippen LogP contribution in [0.2, 0.25) is 0 Å². The Bertz CT molecular complexity index is 1360. The smallest absolute Gasteiger partial charge is 0.350 e. The van der Waals surface area contributed by atoms with Crippen molar-refractivity contribution in [2.75, 3.05) is 7.11 Å². The van der Waals surface area contributed by atoms with Gasteiger partial charge in [-0.3, -0.25) is 4.79 Å². The normalized spacial score (nSPS) is 11.7. The Kier molecular flexibility index (Phi) is 4.60. The standard InChI is InChI=1S/C18H12Br2N4O4/c1-28-9-2-3-13-10(6-9)15-16(22-13)17(26)24(18(27)23-15)21-7-11-12(20)4-8(19)5-14(11)25/h2-7,22,25H,1H3,(H,23,27)/b21-7-. The Labute approximate surface area is 173 Å². The van der Waals surface area contributed by atoms with Crippen LogP contribution in [0.5, 0.6) is 11.5 Å². The van der Waals surface area contributed by atoms with Crippen LogP contribution >= 0.6 is 31.9 Å². The number of fused-ring (bicyclic) bond motifs is 3. The highest BCUT2D eigenvalue weighted by atomic mass is 79.9. The molecule has 2 aromatic heterocycles. The Morgan fingerprint density at radius 2 is 1.93 bits per heavy atom. The first-order valence-corrected chi connectivity index (χ1v) is 9.55. The van der Waals surface area contributed by atoms with Crippen molar-refractivity contribution in [2.24, 2.45) is 5.10 Å². The van der Waals surface area contributed by atoms with Gasteiger partial charge in [0.15, 0.2) is 0 Å². The van der Waals surface area contributed by atoms with Gasteiger partial charge < -0.3 is 19.8 Å². The molecule has 0 bridgehead atoms. The average Bonchev–Trinajstić information content (AvgIpc) is 3.01. The van der Waals surface area contributed by atoms with Gasteiger partial charge in [-0.1, -0.05) is 15.9 Å². The number of phenols is 1. The van der Waals surface area contributed by atoms with Gasteiger partial charge in [-0.2, -0.15) is 5.10 Å². The van der Waals surface area contributed by atoms with Crippen molar-refractivity contribution in [2.45, 2.75) is 0 Å². The molecule has 10 heteroatoms. The SMILES string of the molecule is COc1ccc2[nH]c3c(=O)n(/N=C\c4c(O)cc(Br)cc4Br)c(=O)[nH]c3c2c1. The van der Waals surface area contributed by atoms with Crippen LogP contribution in [-0.2, 0) is 0 Å². The molecule has 0 spiro atoms. The second-order valence-electron chi connectivity index (χ2n) is 5.90. The minimum Gasteiger partial charge on any atom is -0.507 e. The van der Waals surface area contributed by atoms with Crippen LogP contribution in [0.1, 0.15) is 5.56 Å². The molecule has 0 aliphatic carbocycles. The van der Waals surface area contributed by atoms with Crippen LogP contribution in [0.15, 0.2) is 54.0 Å². The summed E-state index contributed by atoms with van der Waals surface area (Å²) in [6.45, 7) is 0. The first kappa shape index (κ1) is 18.5. The number of H-pyrrole nitrogens is 2. The third-order valence-corrected chi connectivity index (χ3v) is 5.32. The van der Waals surface area contributed by atoms with Crippen molar-refractivity contribution < 1.29 is 9.84 Å². The second-order valence-corrected chi connectivity index (χ2v) is 7.67. The van der Waals surface area contributed by atoms with E-state index < -0.39 is 11.2 Å². The molecule has 0 saturated heterocycles. The molecule has 0 unspecified atom stereocenters. The molecular weight excluding hydrogens is 496 g/mol. The monoisotopic (exact) mass is 506 g/mol. The lowest BCUT2D eigenvalue weighted by atomic mass is 10.2. The predicted molar refractivity (Wildman–Crippen MR) is 114 cm³/mol. The van der Waals surface area contributed by atoms with Crippen molar-refractivity contribution in [1.82, 2.24) is 14.6 Å². The van der Waals surface area contributed by atoms with Crippen LogP contribution in [0.25, 0.3) is 21.9 Å². The molecule has 3 N–H and O–H groups in total. The van der Waals surface area contributed by atoms with Gasteiger partial charge >= 0.3 is 11.2 Å². The summed E-state index contributed by atoms with van der Waals surface area (Å²) in [5, 5.41) is 14.7. The minimum absolute atomic E-state index is 0.0618. The second kappa shape index (κ2) is 6.95. The number of phenolic OH excluding ortho intramolecular Hbond substituents is 1. The summed E-state index contributed by atoms with van der Waals surface area (Å²) in [5.41, 5.74) is 0.278. The molecule has 142 valence electrons. The Balaban J connectivity index is 1.90. The summed E-state index contributed by atoms with van der Waals surface area (Å²) in [6.07, 6.45) is 1.24. The first-order chi connectivity index (χ1) is 13.4. The number of aromatic nitrogens is 3. The van der Waals surface area contributed by atoms with Gasteiger partial charge in [-0.05, 0) is 46.3 Å². The maximum absolute atomic E-state index is 12.8. The van der Waals surface area contributed by atoms with E-state index >= 15 is 0 Å². The first-order valence-electron chi connectivity index (χ1n) is 7.96. The highest BCUT2D eigenvalue weighted by Crippen LogP contribution is 2.29. The molecule has 28 heavy (non-hydrogen) atoms. The molecule has 0 radical (unpaired) electrons. The molecule has 8 nitrogen and oxygen atoms in total. The fraction of sp³-hybridized carbons (Fsp3) is 0.0556. The molecule has 2 heterocycles. The fourth-order valence-electron chi connectivity index (χ4n) is 2.87. The van der Waals surface area contributed by atoms with E-state index in [4.69, 9.17) is 4.74 Å². The summed E-state index contributed by atoms with van der Waals surface area (Å²) in [4.78, 5) is 30.9. The zero-order valence-corrected chi connectivity index (χ0v) is 17.5. The van der Waals surface area contributed by atoms with Gasteiger partial charge in [-0.25, -0.2) is 4.79 Å². The van der Waals surface area contributed by atoms with Crippen LogP contribution in [-0.4, -0.2) is 33.1 Å². The largest absolute Gasteiger partial charge is 0.507 e. The van der Waals surface area contributed by atoms with Gasteiger partial charge in [-0.15, -0.1) is 4.68 Å². The maximum Gasteiger partial charge on any atom is 0.350 e. The molecular formula is C18H12Br2N4O4. The van der Waals surface area contributed by atoms with Crippen LogP contribution in [0.4, 0.5) is 0 Å². The lowest BCUT2D eigenvalue weighted by molar-refractivity contribution is 0.415. The summed E-state index contributed by atoms with van der Waals surface area (Å²) in [7, 11) is 1.54. The fourth-order valence-corrected chi connectivity index (χ4v) is 4.17. The number of benzene rings is 2. The van der Waals surface area contributed by atoms with Gasteiger partial charge in [0.05, 0.1) is 24.4 Å². The quantitative estimate of drug-likeness (QED) is 0.369. The van der Waals surface area contributed by atoms with Gasteiger partial charge in [0.25, 0.3) is 0 Å². The van der Waals surface area contributed by atoms with E-state index in [2.05, 4.69) is 46.9 Å². The summed E-state index contributed by atoms with van der Waals surface area (Å²) in [6, 6.07) is 8.43. The predicted octanol–water partition coefficient (Wildman–Crippen LogP) is 3.29. The van der Waals surface area contributed by atoms with E-state index in [9.17, 15) is 14.7 Å². The van der Waals surface area contributed by atoms with Gasteiger partial charge in [0, 0.05) is 19.8 Å². The summed E-state index contributed by atoms with van der Waals surface area (Å²) < 4.78 is 7.11. The molecule has 0 aliphatic heterocycles. The molecule has 0 aliphatic rings. The Morgan fingerprint density at radius 3 is 2.64 bits per heavy atom. The number of rotatable bonds is 3. The molecule has 2 aromatic carbocycles. The van der Waals surface area contributed by atoms with E-state index in [1.165, 1.54) is 19.4 Å². The molecule has 0 amide bonds. The van der Waals surface area contributed by atoms with Crippen molar-refractivity contribution >= 4 is 60.0 Å². The highest BCUT2D eigenvalue weighted by molar-refractivity contribution is 9.11. The third kappa shape index (κ3) is 3.04. The van der Waals surface area contributed by atoms with Crippen LogP contribution in [0, 0.1) is 0 Å². The van der Waals surface area contributed by atoms with Crippen molar-refractivity contribution in [3.05, 3.63) is 65.7 Å². The molecule has 0 fully saturated rings. The number of hydrogen-bond acceptors (Lipinski definition) is 5. The average molecular weight is 508 g/mol. The summed E-state index contributed by atoms with van der Waals surface area (Å²) >= 11 is 6.58. The number of ether oxygens (including phenoxy) is 1. The van der Waals surface area contributed by atoms with Crippen LogP contribution < -0.4 is 16.0 Å². The van der Waals surface area contributed by atoms with E-state index in [0.29, 0.717) is 41.4 Å². The minimum atomic E-state index is -0.704. The van der Waals surface area contributed by atoms with E-state index in [1.54, 1.807) is 24.3 Å². The highest BCUT2D eigenvalue weighted by Gasteiger charge is 2.14. The number of halogens is 2. The maximum atomic E-state index is 12.8. The number of nitrogens with one attached hydrogen (secondary N) is 2. The number of methoxy groups -OCH3 is 1. The molecule has 0 atom stereocenters. The van der Waals surface area contributed by atoms with Crippen molar-refractivity contribution in [3.8, 4) is 11.5 Å². The van der Waals surface area contributed by atoms with E-state index in [1.807, 2.05) is 0 Å². The summed E-state index contributed by atoms with van der Waals surface area (Å²) in [5.74, 6) is 0.542. The molecule has 0 saturated carbocycles. The van der Waals surface area contributed by atoms with Gasteiger partial charge in [0.1, 0.15) is 17.0 Å². The van der Waals surface area contributed by atoms with Crippen LogP contribution in [0.3, 0.4) is 0 Å². The number of aromatic hydroxyl groups is 1. The zero-order chi connectivity index (χ0) is 20.0. The third-order valence-electron chi connectivity index (χ3n) is 4.21. The number of hydrogen-bond donors (Lipinski definition) is 3. The Hall–Kier alpha value is -2.85. The zero-order valence-electron chi connectivity index (χ0n) is 14.3. The topological polar surface area (TPSA) is 112 Å². The van der Waals surface area contributed by atoms with Gasteiger partial charge in [0.2, 0.25) is 0 Å². The van der Waals surface area contributed by atoms with Crippen molar-refractivity contribution in [3.63, 3.8) is 0 Å². The molecule has 4 rings (SSSR count). The molecule has 4 aromatic rings. The van der Waals surface area contributed by atoms with Crippen molar-refractivity contribution in [1.29, 1.82) is 0 Å².